The van der Waals surface area contributed by atoms with Crippen LogP contribution in [0.1, 0.15) is 12.8 Å². The van der Waals surface area contributed by atoms with E-state index in [0.29, 0.717) is 12.3 Å². The van der Waals surface area contributed by atoms with Gasteiger partial charge in [-0.25, -0.2) is 0 Å². The minimum atomic E-state index is 0.202. The fourth-order valence-electron chi connectivity index (χ4n) is 1.57. The predicted molar refractivity (Wildman–Crippen MR) is 43.8 cm³/mol. The van der Waals surface area contributed by atoms with Crippen molar-refractivity contribution in [1.29, 1.82) is 5.26 Å². The molecule has 62 valence electrons. The number of hydrogen-bond acceptors (Lipinski definition) is 3. The van der Waals surface area contributed by atoms with Crippen molar-refractivity contribution in [2.24, 2.45) is 11.7 Å². The highest BCUT2D eigenvalue weighted by atomic mass is 15.1. The lowest BCUT2D eigenvalue weighted by atomic mass is 9.90. The van der Waals surface area contributed by atoms with Gasteiger partial charge in [0, 0.05) is 19.0 Å². The van der Waals surface area contributed by atoms with Gasteiger partial charge in [-0.3, -0.25) is 0 Å². The summed E-state index contributed by atoms with van der Waals surface area (Å²) < 4.78 is 0. The van der Waals surface area contributed by atoms with E-state index in [4.69, 9.17) is 11.0 Å². The second-order valence-corrected chi connectivity index (χ2v) is 3.34. The Morgan fingerprint density at radius 2 is 2.45 bits per heavy atom. The molecule has 1 aliphatic heterocycles. The number of nitrogens with two attached hydrogens (primary N) is 1. The predicted octanol–water partition coefficient (Wildman–Crippen LogP) is 0.179. The van der Waals surface area contributed by atoms with Gasteiger partial charge >= 0.3 is 0 Å². The van der Waals surface area contributed by atoms with Gasteiger partial charge in [0.1, 0.15) is 0 Å². The Morgan fingerprint density at radius 1 is 1.73 bits per heavy atom. The summed E-state index contributed by atoms with van der Waals surface area (Å²) in [5.41, 5.74) is 5.86. The molecule has 11 heavy (non-hydrogen) atoms. The number of piperidine rings is 1. The third-order valence-electron chi connectivity index (χ3n) is 2.36. The van der Waals surface area contributed by atoms with E-state index in [9.17, 15) is 0 Å². The molecule has 0 aromatic heterocycles. The molecular weight excluding hydrogens is 138 g/mol. The van der Waals surface area contributed by atoms with Crippen molar-refractivity contribution in [3.8, 4) is 6.07 Å². The van der Waals surface area contributed by atoms with Gasteiger partial charge in [-0.2, -0.15) is 5.26 Å². The van der Waals surface area contributed by atoms with Crippen molar-refractivity contribution in [3.05, 3.63) is 0 Å². The Balaban J connectivity index is 2.39. The van der Waals surface area contributed by atoms with Gasteiger partial charge in [-0.1, -0.05) is 0 Å². The molecule has 0 amide bonds. The Bertz CT molecular complexity index is 161. The molecule has 1 aliphatic rings. The van der Waals surface area contributed by atoms with Crippen LogP contribution in [-0.2, 0) is 0 Å². The SMILES string of the molecule is CN1CC[C@H](CC#N)[C@@H](N)C1. The van der Waals surface area contributed by atoms with Crippen molar-refractivity contribution >= 4 is 0 Å². The molecule has 3 heteroatoms. The number of nitrogens with zero attached hydrogens (tertiary/aromatic N) is 2. The van der Waals surface area contributed by atoms with Crippen LogP contribution in [0.25, 0.3) is 0 Å². The Labute approximate surface area is 67.8 Å². The van der Waals surface area contributed by atoms with Crippen LogP contribution in [0, 0.1) is 17.2 Å². The fourth-order valence-corrected chi connectivity index (χ4v) is 1.57. The average molecular weight is 153 g/mol. The third kappa shape index (κ3) is 2.18. The molecule has 0 bridgehead atoms. The van der Waals surface area contributed by atoms with E-state index in [1.54, 1.807) is 0 Å². The summed E-state index contributed by atoms with van der Waals surface area (Å²) in [5.74, 6) is 0.427. The van der Waals surface area contributed by atoms with Crippen LogP contribution < -0.4 is 5.73 Å². The molecule has 0 unspecified atom stereocenters. The van der Waals surface area contributed by atoms with Gasteiger partial charge in [0.25, 0.3) is 0 Å². The molecule has 0 aromatic carbocycles. The molecule has 0 spiro atoms. The summed E-state index contributed by atoms with van der Waals surface area (Å²) in [6.07, 6.45) is 1.69. The second-order valence-electron chi connectivity index (χ2n) is 3.34. The lowest BCUT2D eigenvalue weighted by molar-refractivity contribution is 0.193. The average Bonchev–Trinajstić information content (AvgIpc) is 1.95. The third-order valence-corrected chi connectivity index (χ3v) is 2.36. The summed E-state index contributed by atoms with van der Waals surface area (Å²) in [6.45, 7) is 2.02. The van der Waals surface area contributed by atoms with Gasteiger partial charge in [-0.15, -0.1) is 0 Å². The van der Waals surface area contributed by atoms with E-state index in [1.807, 2.05) is 0 Å². The number of likely N-dealkylation sites (N-methyl/N-ethyl adjacent to an activating group) is 1. The second kappa shape index (κ2) is 3.70. The molecule has 1 rings (SSSR count). The Hall–Kier alpha value is -0.590. The first-order valence-corrected chi connectivity index (χ1v) is 4.05. The maximum Gasteiger partial charge on any atom is 0.0625 e. The van der Waals surface area contributed by atoms with Crippen molar-refractivity contribution in [3.63, 3.8) is 0 Å². The normalized spacial score (nSPS) is 33.2. The fraction of sp³-hybridized carbons (Fsp3) is 0.875. The van der Waals surface area contributed by atoms with Crippen LogP contribution in [0.15, 0.2) is 0 Å². The van der Waals surface area contributed by atoms with Crippen LogP contribution in [0.4, 0.5) is 0 Å². The molecule has 1 heterocycles. The highest BCUT2D eigenvalue weighted by molar-refractivity contribution is 4.87. The lowest BCUT2D eigenvalue weighted by Crippen LogP contribution is -2.46. The van der Waals surface area contributed by atoms with Crippen molar-refractivity contribution in [2.45, 2.75) is 18.9 Å². The van der Waals surface area contributed by atoms with Crippen LogP contribution in [-0.4, -0.2) is 31.1 Å². The highest BCUT2D eigenvalue weighted by Gasteiger charge is 2.23. The van der Waals surface area contributed by atoms with Gasteiger partial charge in [0.05, 0.1) is 6.07 Å². The molecule has 3 nitrogen and oxygen atoms in total. The first kappa shape index (κ1) is 8.51. The van der Waals surface area contributed by atoms with Gasteiger partial charge in [-0.05, 0) is 25.9 Å². The zero-order valence-corrected chi connectivity index (χ0v) is 6.95. The summed E-state index contributed by atoms with van der Waals surface area (Å²) in [5, 5.41) is 8.48. The van der Waals surface area contributed by atoms with Crippen LogP contribution >= 0.6 is 0 Å². The van der Waals surface area contributed by atoms with Gasteiger partial charge in [0.2, 0.25) is 0 Å². The summed E-state index contributed by atoms with van der Waals surface area (Å²) >= 11 is 0. The molecule has 0 saturated carbocycles. The van der Waals surface area contributed by atoms with Crippen molar-refractivity contribution < 1.29 is 0 Å². The molecular formula is C8H15N3. The minimum absolute atomic E-state index is 0.202. The summed E-state index contributed by atoms with van der Waals surface area (Å²) in [7, 11) is 2.07. The van der Waals surface area contributed by atoms with Crippen LogP contribution in [0.2, 0.25) is 0 Å². The van der Waals surface area contributed by atoms with E-state index in [1.165, 1.54) is 0 Å². The molecule has 2 N–H and O–H groups in total. The maximum atomic E-state index is 8.48. The Morgan fingerprint density at radius 3 is 3.00 bits per heavy atom. The topological polar surface area (TPSA) is 53.0 Å². The van der Waals surface area contributed by atoms with Crippen LogP contribution in [0.5, 0.6) is 0 Å². The lowest BCUT2D eigenvalue weighted by Gasteiger charge is -2.33. The van der Waals surface area contributed by atoms with Crippen molar-refractivity contribution in [1.82, 2.24) is 4.90 Å². The van der Waals surface area contributed by atoms with Crippen molar-refractivity contribution in [2.75, 3.05) is 20.1 Å². The molecule has 1 saturated heterocycles. The zero-order valence-electron chi connectivity index (χ0n) is 6.95. The molecule has 2 atom stereocenters. The standard InChI is InChI=1S/C8H15N3/c1-11-5-3-7(2-4-9)8(10)6-11/h7-8H,2-3,5-6,10H2,1H3/t7-,8-/m0/s1. The van der Waals surface area contributed by atoms with E-state index in [2.05, 4.69) is 18.0 Å². The first-order chi connectivity index (χ1) is 5.24. The molecule has 0 aliphatic carbocycles. The maximum absolute atomic E-state index is 8.48. The number of hydrogen-bond donors (Lipinski definition) is 1. The molecule has 0 radical (unpaired) electrons. The zero-order chi connectivity index (χ0) is 8.27. The molecule has 0 aromatic rings. The largest absolute Gasteiger partial charge is 0.326 e. The van der Waals surface area contributed by atoms with Crippen LogP contribution in [0.3, 0.4) is 0 Å². The Kier molecular flexibility index (Phi) is 2.86. The summed E-state index contributed by atoms with van der Waals surface area (Å²) in [6, 6.07) is 2.39. The van der Waals surface area contributed by atoms with E-state index in [-0.39, 0.29) is 6.04 Å². The monoisotopic (exact) mass is 153 g/mol. The quantitative estimate of drug-likeness (QED) is 0.584. The highest BCUT2D eigenvalue weighted by Crippen LogP contribution is 2.17. The van der Waals surface area contributed by atoms with E-state index >= 15 is 0 Å². The summed E-state index contributed by atoms with van der Waals surface area (Å²) in [4.78, 5) is 2.22. The first-order valence-electron chi connectivity index (χ1n) is 4.05. The minimum Gasteiger partial charge on any atom is -0.326 e. The number of rotatable bonds is 1. The number of likely N-dealkylation sites (tertiary alicyclic amines) is 1. The molecule has 1 fully saturated rings. The van der Waals surface area contributed by atoms with E-state index < -0.39 is 0 Å². The number of nitriles is 1. The smallest absolute Gasteiger partial charge is 0.0625 e. The van der Waals surface area contributed by atoms with Gasteiger partial charge < -0.3 is 10.6 Å². The van der Waals surface area contributed by atoms with Gasteiger partial charge in [0.15, 0.2) is 0 Å². The van der Waals surface area contributed by atoms with E-state index in [0.717, 1.165) is 19.5 Å².